The topological polar surface area (TPSA) is 72.5 Å². The van der Waals surface area contributed by atoms with Crippen LogP contribution in [0.4, 0.5) is 0 Å². The molecule has 0 saturated carbocycles. The van der Waals surface area contributed by atoms with E-state index in [1.807, 2.05) is 19.1 Å². The van der Waals surface area contributed by atoms with Crippen LogP contribution in [0.5, 0.6) is 5.75 Å². The molecule has 4 heteroatoms. The minimum Gasteiger partial charge on any atom is -0.508 e. The molecule has 2 atom stereocenters. The molecule has 0 spiro atoms. The second-order valence-corrected chi connectivity index (χ2v) is 5.41. The number of fused-ring (bicyclic) bond motifs is 1. The fraction of sp³-hybridized carbons (Fsp3) is 0.562. The van der Waals surface area contributed by atoms with Crippen LogP contribution in [0.25, 0.3) is 0 Å². The van der Waals surface area contributed by atoms with E-state index in [0.717, 1.165) is 31.2 Å². The second kappa shape index (κ2) is 6.75. The van der Waals surface area contributed by atoms with Crippen molar-refractivity contribution in [2.24, 2.45) is 5.73 Å². The molecular formula is C16H23NO3. The first kappa shape index (κ1) is 14.9. The Kier molecular flexibility index (Phi) is 5.01. The first-order chi connectivity index (χ1) is 9.61. The van der Waals surface area contributed by atoms with Crippen LogP contribution in [0.15, 0.2) is 18.2 Å². The molecule has 0 aromatic heterocycles. The predicted octanol–water partition coefficient (Wildman–Crippen LogP) is 2.48. The zero-order valence-electron chi connectivity index (χ0n) is 12.0. The number of esters is 1. The molecule has 0 amide bonds. The smallest absolute Gasteiger partial charge is 0.305 e. The molecule has 0 fully saturated rings. The van der Waals surface area contributed by atoms with E-state index in [9.17, 15) is 9.90 Å². The number of hydrogen-bond acceptors (Lipinski definition) is 4. The van der Waals surface area contributed by atoms with Crippen LogP contribution < -0.4 is 5.73 Å². The predicted molar refractivity (Wildman–Crippen MR) is 77.6 cm³/mol. The summed E-state index contributed by atoms with van der Waals surface area (Å²) >= 11 is 0. The summed E-state index contributed by atoms with van der Waals surface area (Å²) in [4.78, 5) is 11.3. The Labute approximate surface area is 119 Å². The van der Waals surface area contributed by atoms with Crippen LogP contribution in [0.1, 0.15) is 49.7 Å². The Morgan fingerprint density at radius 3 is 3.00 bits per heavy atom. The Morgan fingerprint density at radius 1 is 1.45 bits per heavy atom. The Balaban J connectivity index is 1.84. The number of carbonyl (C=O) groups is 1. The van der Waals surface area contributed by atoms with Gasteiger partial charge in [-0.2, -0.15) is 0 Å². The Hall–Kier alpha value is -1.55. The van der Waals surface area contributed by atoms with Gasteiger partial charge in [0, 0.05) is 12.5 Å². The van der Waals surface area contributed by atoms with Crippen molar-refractivity contribution in [1.82, 2.24) is 0 Å². The third-order valence-electron chi connectivity index (χ3n) is 3.95. The van der Waals surface area contributed by atoms with Gasteiger partial charge in [-0.15, -0.1) is 0 Å². The number of nitrogens with two attached hydrogens (primary N) is 1. The summed E-state index contributed by atoms with van der Waals surface area (Å²) in [6.07, 6.45) is 4.11. The first-order valence-corrected chi connectivity index (χ1v) is 7.34. The van der Waals surface area contributed by atoms with Gasteiger partial charge in [-0.3, -0.25) is 4.79 Å². The van der Waals surface area contributed by atoms with Gasteiger partial charge in [0.05, 0.1) is 6.61 Å². The molecule has 1 aliphatic rings. The van der Waals surface area contributed by atoms with E-state index >= 15 is 0 Å². The average Bonchev–Trinajstić information content (AvgIpc) is 2.70. The van der Waals surface area contributed by atoms with Gasteiger partial charge in [-0.1, -0.05) is 12.5 Å². The van der Waals surface area contributed by atoms with Gasteiger partial charge >= 0.3 is 5.97 Å². The molecule has 0 radical (unpaired) electrons. The van der Waals surface area contributed by atoms with Crippen LogP contribution in [0.2, 0.25) is 0 Å². The monoisotopic (exact) mass is 277 g/mol. The molecule has 0 saturated heterocycles. The number of benzene rings is 1. The SMILES string of the molecule is CCOC(=O)CCCCC1c2ccc(O)cc2CC1N. The van der Waals surface area contributed by atoms with E-state index in [-0.39, 0.29) is 12.0 Å². The van der Waals surface area contributed by atoms with E-state index < -0.39 is 0 Å². The molecule has 0 aliphatic heterocycles. The van der Waals surface area contributed by atoms with Gasteiger partial charge < -0.3 is 15.6 Å². The zero-order valence-corrected chi connectivity index (χ0v) is 12.0. The van der Waals surface area contributed by atoms with Crippen LogP contribution in [0, 0.1) is 0 Å². The Bertz CT molecular complexity index is 473. The van der Waals surface area contributed by atoms with E-state index in [1.54, 1.807) is 6.07 Å². The lowest BCUT2D eigenvalue weighted by atomic mass is 9.92. The lowest BCUT2D eigenvalue weighted by Crippen LogP contribution is -2.24. The van der Waals surface area contributed by atoms with Crippen LogP contribution in [-0.2, 0) is 16.0 Å². The summed E-state index contributed by atoms with van der Waals surface area (Å²) in [7, 11) is 0. The molecule has 1 aromatic rings. The number of carbonyl (C=O) groups excluding carboxylic acids is 1. The fourth-order valence-electron chi connectivity index (χ4n) is 2.99. The molecule has 4 nitrogen and oxygen atoms in total. The van der Waals surface area contributed by atoms with Crippen molar-refractivity contribution in [2.45, 2.75) is 51.0 Å². The minimum absolute atomic E-state index is 0.117. The molecule has 1 aromatic carbocycles. The highest BCUT2D eigenvalue weighted by Crippen LogP contribution is 2.37. The standard InChI is InChI=1S/C16H23NO3/c1-2-20-16(19)6-4-3-5-14-13-8-7-12(18)9-11(13)10-15(14)17/h7-9,14-15,18H,2-6,10,17H2,1H3. The highest BCUT2D eigenvalue weighted by atomic mass is 16.5. The lowest BCUT2D eigenvalue weighted by Gasteiger charge is -2.16. The summed E-state index contributed by atoms with van der Waals surface area (Å²) in [5.74, 6) is 0.528. The number of phenols is 1. The van der Waals surface area contributed by atoms with Gasteiger partial charge in [0.15, 0.2) is 0 Å². The van der Waals surface area contributed by atoms with Gasteiger partial charge in [-0.25, -0.2) is 0 Å². The maximum Gasteiger partial charge on any atom is 0.305 e. The van der Waals surface area contributed by atoms with E-state index in [2.05, 4.69) is 0 Å². The van der Waals surface area contributed by atoms with Crippen molar-refractivity contribution < 1.29 is 14.6 Å². The van der Waals surface area contributed by atoms with Crippen LogP contribution in [0.3, 0.4) is 0 Å². The van der Waals surface area contributed by atoms with E-state index in [0.29, 0.717) is 24.7 Å². The molecule has 20 heavy (non-hydrogen) atoms. The Morgan fingerprint density at radius 2 is 2.25 bits per heavy atom. The maximum atomic E-state index is 11.3. The number of rotatable bonds is 6. The molecule has 1 aliphatic carbocycles. The zero-order chi connectivity index (χ0) is 14.5. The van der Waals surface area contributed by atoms with E-state index in [4.69, 9.17) is 10.5 Å². The molecule has 0 bridgehead atoms. The molecule has 110 valence electrons. The fourth-order valence-corrected chi connectivity index (χ4v) is 2.99. The number of phenolic OH excluding ortho intramolecular Hbond substituents is 1. The number of ether oxygens (including phenoxy) is 1. The van der Waals surface area contributed by atoms with Crippen molar-refractivity contribution >= 4 is 5.97 Å². The van der Waals surface area contributed by atoms with Crippen molar-refractivity contribution in [2.75, 3.05) is 6.61 Å². The van der Waals surface area contributed by atoms with Crippen molar-refractivity contribution in [3.8, 4) is 5.75 Å². The van der Waals surface area contributed by atoms with Crippen molar-refractivity contribution in [3.05, 3.63) is 29.3 Å². The summed E-state index contributed by atoms with van der Waals surface area (Å²) in [6.45, 7) is 2.27. The van der Waals surface area contributed by atoms with Gasteiger partial charge in [0.25, 0.3) is 0 Å². The van der Waals surface area contributed by atoms with E-state index in [1.165, 1.54) is 5.56 Å². The molecule has 0 heterocycles. The van der Waals surface area contributed by atoms with Gasteiger partial charge in [-0.05, 0) is 55.4 Å². The third kappa shape index (κ3) is 3.51. The molecular weight excluding hydrogens is 254 g/mol. The molecule has 2 unspecified atom stereocenters. The summed E-state index contributed by atoms with van der Waals surface area (Å²) in [5, 5.41) is 9.50. The highest BCUT2D eigenvalue weighted by molar-refractivity contribution is 5.69. The molecule has 3 N–H and O–H groups in total. The van der Waals surface area contributed by atoms with Crippen LogP contribution in [-0.4, -0.2) is 23.7 Å². The number of aromatic hydroxyl groups is 1. The largest absolute Gasteiger partial charge is 0.508 e. The lowest BCUT2D eigenvalue weighted by molar-refractivity contribution is -0.143. The molecule has 2 rings (SSSR count). The quantitative estimate of drug-likeness (QED) is 0.619. The maximum absolute atomic E-state index is 11.3. The van der Waals surface area contributed by atoms with Crippen molar-refractivity contribution in [1.29, 1.82) is 0 Å². The summed E-state index contributed by atoms with van der Waals surface area (Å²) < 4.78 is 4.91. The first-order valence-electron chi connectivity index (χ1n) is 7.34. The van der Waals surface area contributed by atoms with Gasteiger partial charge in [0.2, 0.25) is 0 Å². The third-order valence-corrected chi connectivity index (χ3v) is 3.95. The minimum atomic E-state index is -0.117. The normalized spacial score (nSPS) is 20.7. The number of unbranched alkanes of at least 4 members (excludes halogenated alkanes) is 1. The average molecular weight is 277 g/mol. The van der Waals surface area contributed by atoms with Crippen LogP contribution >= 0.6 is 0 Å². The number of hydrogen-bond donors (Lipinski definition) is 2. The summed E-state index contributed by atoms with van der Waals surface area (Å²) in [6, 6.07) is 5.64. The van der Waals surface area contributed by atoms with Crippen molar-refractivity contribution in [3.63, 3.8) is 0 Å². The van der Waals surface area contributed by atoms with Gasteiger partial charge in [0.1, 0.15) is 5.75 Å². The second-order valence-electron chi connectivity index (χ2n) is 5.41. The highest BCUT2D eigenvalue weighted by Gasteiger charge is 2.29. The summed E-state index contributed by atoms with van der Waals surface area (Å²) in [5.41, 5.74) is 8.61.